The number of hydrogen-bond donors (Lipinski definition) is 0. The van der Waals surface area contributed by atoms with Crippen LogP contribution in [0.25, 0.3) is 11.5 Å². The maximum absolute atomic E-state index is 13.5. The van der Waals surface area contributed by atoms with E-state index in [1.54, 1.807) is 6.20 Å². The Balaban J connectivity index is 1.30. The summed E-state index contributed by atoms with van der Waals surface area (Å²) in [5.41, 5.74) is 1.33. The van der Waals surface area contributed by atoms with Gasteiger partial charge in [0.1, 0.15) is 5.69 Å². The molecule has 1 aromatic carbocycles. The molecule has 1 aliphatic heterocycles. The highest BCUT2D eigenvalue weighted by atomic mass is 35.5. The van der Waals surface area contributed by atoms with E-state index in [0.29, 0.717) is 35.5 Å². The summed E-state index contributed by atoms with van der Waals surface area (Å²) in [4.78, 5) is 24.1. The predicted molar refractivity (Wildman–Crippen MR) is 108 cm³/mol. The van der Waals surface area contributed by atoms with Gasteiger partial charge in [-0.25, -0.2) is 0 Å². The zero-order valence-electron chi connectivity index (χ0n) is 15.9. The maximum Gasteiger partial charge on any atom is 0.233 e. The van der Waals surface area contributed by atoms with Gasteiger partial charge < -0.3 is 9.42 Å². The van der Waals surface area contributed by atoms with Crippen molar-refractivity contribution < 1.29 is 9.32 Å². The average molecular weight is 409 g/mol. The number of nitrogens with zero attached hydrogens (tertiary/aromatic N) is 4. The van der Waals surface area contributed by atoms with Gasteiger partial charge in [-0.3, -0.25) is 9.78 Å². The number of benzene rings is 1. The number of aromatic nitrogens is 3. The van der Waals surface area contributed by atoms with Crippen molar-refractivity contribution in [3.05, 3.63) is 65.1 Å². The molecule has 3 aromatic rings. The standard InChI is InChI=1S/C22H21ClN4O2/c23-17-8-6-16(7-9-17)22(10-2-3-11-22)21(28)27-13-15(14-27)20-25-19(26-29-20)18-5-1-4-12-24-18/h1,4-9,12,15H,2-3,10-11,13-14H2. The van der Waals surface area contributed by atoms with E-state index in [1.165, 1.54) is 0 Å². The summed E-state index contributed by atoms with van der Waals surface area (Å²) in [5, 5.41) is 4.73. The van der Waals surface area contributed by atoms with Crippen molar-refractivity contribution >= 4 is 17.5 Å². The fourth-order valence-electron chi connectivity index (χ4n) is 4.48. The molecule has 3 heterocycles. The summed E-state index contributed by atoms with van der Waals surface area (Å²) in [6.45, 7) is 1.22. The van der Waals surface area contributed by atoms with E-state index in [4.69, 9.17) is 16.1 Å². The molecule has 0 unspecified atom stereocenters. The van der Waals surface area contributed by atoms with Gasteiger partial charge in [0.15, 0.2) is 0 Å². The number of likely N-dealkylation sites (tertiary alicyclic amines) is 1. The third-order valence-corrected chi connectivity index (χ3v) is 6.37. The Kier molecular flexibility index (Phi) is 4.59. The lowest BCUT2D eigenvalue weighted by atomic mass is 9.76. The van der Waals surface area contributed by atoms with E-state index in [0.717, 1.165) is 31.2 Å². The summed E-state index contributed by atoms with van der Waals surface area (Å²) in [6.07, 6.45) is 5.62. The highest BCUT2D eigenvalue weighted by Gasteiger charge is 2.48. The number of rotatable bonds is 4. The Morgan fingerprint density at radius 3 is 2.55 bits per heavy atom. The molecule has 6 nitrogen and oxygen atoms in total. The number of pyridine rings is 1. The van der Waals surface area contributed by atoms with E-state index in [2.05, 4.69) is 15.1 Å². The summed E-state index contributed by atoms with van der Waals surface area (Å²) in [5.74, 6) is 1.34. The molecule has 0 N–H and O–H groups in total. The van der Waals surface area contributed by atoms with Crippen molar-refractivity contribution in [2.45, 2.75) is 37.0 Å². The molecule has 5 rings (SSSR count). The first kappa shape index (κ1) is 18.3. The first-order chi connectivity index (χ1) is 14.2. The van der Waals surface area contributed by atoms with Crippen LogP contribution in [0.3, 0.4) is 0 Å². The molecule has 1 saturated heterocycles. The Morgan fingerprint density at radius 2 is 1.86 bits per heavy atom. The molecule has 2 fully saturated rings. The van der Waals surface area contributed by atoms with Crippen molar-refractivity contribution in [2.24, 2.45) is 0 Å². The lowest BCUT2D eigenvalue weighted by molar-refractivity contribution is -0.142. The van der Waals surface area contributed by atoms with Crippen LogP contribution < -0.4 is 0 Å². The number of halogens is 1. The summed E-state index contributed by atoms with van der Waals surface area (Å²) in [7, 11) is 0. The van der Waals surface area contributed by atoms with Gasteiger partial charge in [-0.15, -0.1) is 0 Å². The highest BCUT2D eigenvalue weighted by Crippen LogP contribution is 2.44. The molecule has 29 heavy (non-hydrogen) atoms. The fourth-order valence-corrected chi connectivity index (χ4v) is 4.60. The topological polar surface area (TPSA) is 72.1 Å². The van der Waals surface area contributed by atoms with Crippen LogP contribution in [0.2, 0.25) is 5.02 Å². The fraction of sp³-hybridized carbons (Fsp3) is 0.364. The van der Waals surface area contributed by atoms with Gasteiger partial charge in [0.2, 0.25) is 17.6 Å². The van der Waals surface area contributed by atoms with E-state index in [9.17, 15) is 4.79 Å². The van der Waals surface area contributed by atoms with Gasteiger partial charge in [-0.2, -0.15) is 4.98 Å². The first-order valence-corrected chi connectivity index (χ1v) is 10.3. The van der Waals surface area contributed by atoms with Crippen molar-refractivity contribution in [2.75, 3.05) is 13.1 Å². The van der Waals surface area contributed by atoms with Gasteiger partial charge >= 0.3 is 0 Å². The highest BCUT2D eigenvalue weighted by molar-refractivity contribution is 6.30. The lowest BCUT2D eigenvalue weighted by Crippen LogP contribution is -2.55. The van der Waals surface area contributed by atoms with Gasteiger partial charge in [0.25, 0.3) is 0 Å². The number of carbonyl (C=O) groups is 1. The summed E-state index contributed by atoms with van der Waals surface area (Å²) in [6, 6.07) is 13.3. The molecular formula is C22H21ClN4O2. The molecule has 0 spiro atoms. The molecule has 7 heteroatoms. The molecule has 1 amide bonds. The average Bonchev–Trinajstić information content (AvgIpc) is 3.39. The third kappa shape index (κ3) is 3.21. The number of hydrogen-bond acceptors (Lipinski definition) is 5. The van der Waals surface area contributed by atoms with E-state index in [1.807, 2.05) is 47.4 Å². The van der Waals surface area contributed by atoms with E-state index >= 15 is 0 Å². The Morgan fingerprint density at radius 1 is 1.10 bits per heavy atom. The minimum absolute atomic E-state index is 0.0765. The van der Waals surface area contributed by atoms with Crippen molar-refractivity contribution in [3.8, 4) is 11.5 Å². The van der Waals surface area contributed by atoms with Crippen molar-refractivity contribution in [3.63, 3.8) is 0 Å². The van der Waals surface area contributed by atoms with Crippen LogP contribution in [0, 0.1) is 0 Å². The minimum atomic E-state index is -0.427. The van der Waals surface area contributed by atoms with Crippen LogP contribution in [-0.2, 0) is 10.2 Å². The van der Waals surface area contributed by atoms with Crippen molar-refractivity contribution in [1.82, 2.24) is 20.0 Å². The Labute approximate surface area is 173 Å². The Bertz CT molecular complexity index is 1010. The molecule has 0 atom stereocenters. The zero-order chi connectivity index (χ0) is 19.8. The molecular weight excluding hydrogens is 388 g/mol. The maximum atomic E-state index is 13.5. The monoisotopic (exact) mass is 408 g/mol. The Hall–Kier alpha value is -2.73. The molecule has 1 aliphatic carbocycles. The molecule has 0 radical (unpaired) electrons. The lowest BCUT2D eigenvalue weighted by Gasteiger charge is -2.43. The largest absolute Gasteiger partial charge is 0.340 e. The summed E-state index contributed by atoms with van der Waals surface area (Å²) < 4.78 is 5.45. The van der Waals surface area contributed by atoms with Gasteiger partial charge in [-0.05, 0) is 42.7 Å². The van der Waals surface area contributed by atoms with Gasteiger partial charge in [-0.1, -0.05) is 47.8 Å². The number of carbonyl (C=O) groups excluding carboxylic acids is 1. The zero-order valence-corrected chi connectivity index (χ0v) is 16.7. The van der Waals surface area contributed by atoms with Crippen molar-refractivity contribution in [1.29, 1.82) is 0 Å². The number of amides is 1. The second kappa shape index (κ2) is 7.26. The van der Waals surface area contributed by atoms with Crippen LogP contribution >= 0.6 is 11.6 Å². The van der Waals surface area contributed by atoms with Gasteiger partial charge in [0, 0.05) is 24.3 Å². The van der Waals surface area contributed by atoms with E-state index < -0.39 is 5.41 Å². The quantitative estimate of drug-likeness (QED) is 0.646. The molecule has 148 valence electrons. The van der Waals surface area contributed by atoms with Gasteiger partial charge in [0.05, 0.1) is 11.3 Å². The normalized spacial score (nSPS) is 18.6. The van der Waals surface area contributed by atoms with Crippen LogP contribution in [0.1, 0.15) is 43.1 Å². The molecule has 2 aliphatic rings. The predicted octanol–water partition coefficient (Wildman–Crippen LogP) is 4.22. The molecule has 2 aromatic heterocycles. The minimum Gasteiger partial charge on any atom is -0.340 e. The smallest absolute Gasteiger partial charge is 0.233 e. The van der Waals surface area contributed by atoms with Crippen LogP contribution in [0.4, 0.5) is 0 Å². The summed E-state index contributed by atoms with van der Waals surface area (Å²) >= 11 is 6.05. The van der Waals surface area contributed by atoms with Crippen LogP contribution in [0.15, 0.2) is 53.2 Å². The van der Waals surface area contributed by atoms with E-state index in [-0.39, 0.29) is 11.8 Å². The third-order valence-electron chi connectivity index (χ3n) is 6.12. The molecule has 0 bridgehead atoms. The molecule has 1 saturated carbocycles. The second-order valence-electron chi connectivity index (χ2n) is 7.87. The first-order valence-electron chi connectivity index (χ1n) is 9.96. The SMILES string of the molecule is O=C(N1CC(c2nc(-c3ccccn3)no2)C1)C1(c2ccc(Cl)cc2)CCCC1. The van der Waals surface area contributed by atoms with Crippen LogP contribution in [-0.4, -0.2) is 39.0 Å². The second-order valence-corrected chi connectivity index (χ2v) is 8.31. The van der Waals surface area contributed by atoms with Crippen LogP contribution in [0.5, 0.6) is 0 Å².